The maximum atomic E-state index is 11.6. The molecule has 1 aliphatic rings. The third-order valence-corrected chi connectivity index (χ3v) is 2.74. The quantitative estimate of drug-likeness (QED) is 0.634. The Kier molecular flexibility index (Phi) is 3.46. The summed E-state index contributed by atoms with van der Waals surface area (Å²) in [7, 11) is 0. The van der Waals surface area contributed by atoms with E-state index in [9.17, 15) is 4.79 Å². The van der Waals surface area contributed by atoms with Crippen molar-refractivity contribution in [3.8, 4) is 0 Å². The number of carbonyl (C=O) groups excluding carboxylic acids is 1. The molecule has 0 radical (unpaired) electrons. The lowest BCUT2D eigenvalue weighted by atomic mass is 9.91. The highest BCUT2D eigenvalue weighted by Gasteiger charge is 2.33. The highest BCUT2D eigenvalue weighted by Crippen LogP contribution is 2.27. The highest BCUT2D eigenvalue weighted by atomic mass is 16.1. The van der Waals surface area contributed by atoms with Crippen molar-refractivity contribution in [2.45, 2.75) is 59.9 Å². The molecular formula is C13H24N2O. The van der Waals surface area contributed by atoms with Crippen molar-refractivity contribution in [3.63, 3.8) is 0 Å². The zero-order valence-corrected chi connectivity index (χ0v) is 11.4. The summed E-state index contributed by atoms with van der Waals surface area (Å²) in [5.74, 6) is 0.958. The van der Waals surface area contributed by atoms with E-state index in [2.05, 4.69) is 51.4 Å². The molecule has 0 saturated carbocycles. The number of hydrogen-bond acceptors (Lipinski definition) is 2. The first kappa shape index (κ1) is 13.2. The van der Waals surface area contributed by atoms with Gasteiger partial charge < -0.3 is 4.90 Å². The summed E-state index contributed by atoms with van der Waals surface area (Å²) in [6.45, 7) is 13.8. The van der Waals surface area contributed by atoms with Crippen molar-refractivity contribution >= 4 is 11.7 Å². The molecule has 0 N–H and O–H groups in total. The van der Waals surface area contributed by atoms with Crippen LogP contribution in [0.25, 0.3) is 0 Å². The van der Waals surface area contributed by atoms with Crippen LogP contribution in [0.1, 0.15) is 54.4 Å². The van der Waals surface area contributed by atoms with E-state index in [1.165, 1.54) is 0 Å². The topological polar surface area (TPSA) is 32.7 Å². The van der Waals surface area contributed by atoms with Crippen molar-refractivity contribution in [1.82, 2.24) is 4.90 Å². The van der Waals surface area contributed by atoms with Crippen molar-refractivity contribution in [3.05, 3.63) is 0 Å². The predicted molar refractivity (Wildman–Crippen MR) is 67.6 cm³/mol. The largest absolute Gasteiger partial charge is 0.355 e. The average molecular weight is 224 g/mol. The van der Waals surface area contributed by atoms with Gasteiger partial charge in [0.05, 0.1) is 0 Å². The van der Waals surface area contributed by atoms with Crippen LogP contribution in [-0.4, -0.2) is 28.7 Å². The van der Waals surface area contributed by atoms with Gasteiger partial charge in [0.2, 0.25) is 5.91 Å². The van der Waals surface area contributed by atoms with Gasteiger partial charge in [-0.3, -0.25) is 4.79 Å². The Morgan fingerprint density at radius 2 is 1.69 bits per heavy atom. The van der Waals surface area contributed by atoms with Gasteiger partial charge >= 0.3 is 0 Å². The van der Waals surface area contributed by atoms with Crippen LogP contribution in [-0.2, 0) is 4.79 Å². The van der Waals surface area contributed by atoms with Gasteiger partial charge in [-0.15, -0.1) is 0 Å². The minimum absolute atomic E-state index is 0.0245. The molecule has 0 unspecified atom stereocenters. The van der Waals surface area contributed by atoms with Crippen molar-refractivity contribution in [2.24, 2.45) is 10.4 Å². The molecule has 16 heavy (non-hydrogen) atoms. The summed E-state index contributed by atoms with van der Waals surface area (Å²) in [4.78, 5) is 18.2. The molecule has 3 nitrogen and oxygen atoms in total. The first-order valence-corrected chi connectivity index (χ1v) is 6.02. The maximum absolute atomic E-state index is 11.6. The Balaban J connectivity index is 3.14. The van der Waals surface area contributed by atoms with Gasteiger partial charge in [-0.1, -0.05) is 20.8 Å². The standard InChI is InChI=1S/C13H24N2O/c1-12(2,3)11-14-10(16)8-7-9-15(11)13(4,5)6/h7-9H2,1-6H3. The fourth-order valence-electron chi connectivity index (χ4n) is 1.95. The van der Waals surface area contributed by atoms with E-state index < -0.39 is 0 Å². The first-order chi connectivity index (χ1) is 7.12. The fourth-order valence-corrected chi connectivity index (χ4v) is 1.95. The summed E-state index contributed by atoms with van der Waals surface area (Å²) in [6, 6.07) is 0. The minimum Gasteiger partial charge on any atom is -0.355 e. The van der Waals surface area contributed by atoms with Crippen LogP contribution < -0.4 is 0 Å². The minimum atomic E-state index is -0.0761. The number of amides is 1. The van der Waals surface area contributed by atoms with Crippen molar-refractivity contribution in [1.29, 1.82) is 0 Å². The molecular weight excluding hydrogens is 200 g/mol. The second-order valence-electron chi connectivity index (χ2n) is 6.51. The lowest BCUT2D eigenvalue weighted by Gasteiger charge is -2.41. The fraction of sp³-hybridized carbons (Fsp3) is 0.846. The van der Waals surface area contributed by atoms with E-state index in [1.807, 2.05) is 0 Å². The van der Waals surface area contributed by atoms with Gasteiger partial charge in [-0.2, -0.15) is 4.99 Å². The molecule has 0 saturated heterocycles. The molecule has 1 aliphatic heterocycles. The summed E-state index contributed by atoms with van der Waals surface area (Å²) in [6.07, 6.45) is 1.48. The molecule has 0 aromatic heterocycles. The second kappa shape index (κ2) is 4.19. The molecule has 1 amide bonds. The summed E-state index contributed by atoms with van der Waals surface area (Å²) in [5.41, 5.74) is -0.0516. The third kappa shape index (κ3) is 3.06. The molecule has 0 atom stereocenters. The molecule has 3 heteroatoms. The van der Waals surface area contributed by atoms with E-state index in [-0.39, 0.29) is 16.9 Å². The third-order valence-electron chi connectivity index (χ3n) is 2.74. The van der Waals surface area contributed by atoms with E-state index in [0.29, 0.717) is 6.42 Å². The van der Waals surface area contributed by atoms with Gasteiger partial charge in [0.1, 0.15) is 5.84 Å². The molecule has 92 valence electrons. The Bertz CT molecular complexity index is 305. The van der Waals surface area contributed by atoms with Crippen molar-refractivity contribution < 1.29 is 4.79 Å². The van der Waals surface area contributed by atoms with E-state index >= 15 is 0 Å². The van der Waals surface area contributed by atoms with Crippen LogP contribution in [0.3, 0.4) is 0 Å². The molecule has 0 aromatic carbocycles. The Hall–Kier alpha value is -0.860. The number of carbonyl (C=O) groups is 1. The Morgan fingerprint density at radius 3 is 2.12 bits per heavy atom. The van der Waals surface area contributed by atoms with Crippen LogP contribution in [0.2, 0.25) is 0 Å². The number of rotatable bonds is 0. The molecule has 0 bridgehead atoms. The summed E-state index contributed by atoms with van der Waals surface area (Å²) < 4.78 is 0. The van der Waals surface area contributed by atoms with Crippen molar-refractivity contribution in [2.75, 3.05) is 6.54 Å². The second-order valence-corrected chi connectivity index (χ2v) is 6.51. The predicted octanol–water partition coefficient (Wildman–Crippen LogP) is 2.85. The van der Waals surface area contributed by atoms with Gasteiger partial charge in [0, 0.05) is 23.9 Å². The van der Waals surface area contributed by atoms with Crippen LogP contribution in [0, 0.1) is 5.41 Å². The number of nitrogens with zero attached hydrogens (tertiary/aromatic N) is 2. The summed E-state index contributed by atoms with van der Waals surface area (Å²) in [5, 5.41) is 0. The molecule has 1 heterocycles. The van der Waals surface area contributed by atoms with Crippen LogP contribution >= 0.6 is 0 Å². The monoisotopic (exact) mass is 224 g/mol. The lowest BCUT2D eigenvalue weighted by Crippen LogP contribution is -2.50. The van der Waals surface area contributed by atoms with E-state index in [4.69, 9.17) is 0 Å². The summed E-state index contributed by atoms with van der Waals surface area (Å²) >= 11 is 0. The Morgan fingerprint density at radius 1 is 1.12 bits per heavy atom. The van der Waals surface area contributed by atoms with Gasteiger partial charge in [-0.05, 0) is 27.2 Å². The Labute approximate surface area is 98.9 Å². The SMILES string of the molecule is CC(C)(C)C1=NC(=O)CCCN1C(C)(C)C. The van der Waals surface area contributed by atoms with E-state index in [1.54, 1.807) is 0 Å². The normalized spacial score (nSPS) is 19.5. The van der Waals surface area contributed by atoms with Gasteiger partial charge in [0.25, 0.3) is 0 Å². The molecule has 0 aromatic rings. The number of aliphatic imine (C=N–C) groups is 1. The maximum Gasteiger partial charge on any atom is 0.247 e. The van der Waals surface area contributed by atoms with Gasteiger partial charge in [0.15, 0.2) is 0 Å². The number of hydrogen-bond donors (Lipinski definition) is 0. The zero-order chi connectivity index (χ0) is 12.6. The molecule has 0 aliphatic carbocycles. The number of amidine groups is 1. The molecule has 0 spiro atoms. The lowest BCUT2D eigenvalue weighted by molar-refractivity contribution is -0.117. The molecule has 1 rings (SSSR count). The zero-order valence-electron chi connectivity index (χ0n) is 11.4. The van der Waals surface area contributed by atoms with Crippen LogP contribution in [0.15, 0.2) is 4.99 Å². The molecule has 0 fully saturated rings. The smallest absolute Gasteiger partial charge is 0.247 e. The first-order valence-electron chi connectivity index (χ1n) is 6.02. The van der Waals surface area contributed by atoms with Crippen LogP contribution in [0.5, 0.6) is 0 Å². The highest BCUT2D eigenvalue weighted by molar-refractivity contribution is 5.98. The van der Waals surface area contributed by atoms with E-state index in [0.717, 1.165) is 18.8 Å². The average Bonchev–Trinajstić information content (AvgIpc) is 2.23. The van der Waals surface area contributed by atoms with Crippen LogP contribution in [0.4, 0.5) is 0 Å². The van der Waals surface area contributed by atoms with Gasteiger partial charge in [-0.25, -0.2) is 0 Å².